The zero-order valence-corrected chi connectivity index (χ0v) is 18.5. The first-order chi connectivity index (χ1) is 14.9. The van der Waals surface area contributed by atoms with Gasteiger partial charge >= 0.3 is 5.97 Å². The second-order valence-electron chi connectivity index (χ2n) is 8.68. The minimum atomic E-state index is -0.968. The molecule has 4 fully saturated rings. The second-order valence-corrected chi connectivity index (χ2v) is 10.3. The van der Waals surface area contributed by atoms with E-state index in [2.05, 4.69) is 11.5 Å². The Morgan fingerprint density at radius 1 is 1.32 bits per heavy atom. The Balaban J connectivity index is 1.59. The lowest BCUT2D eigenvalue weighted by molar-refractivity contribution is -0.148. The average Bonchev–Trinajstić information content (AvgIpc) is 3.39. The first-order valence-corrected chi connectivity index (χ1v) is 11.8. The molecular formula is C21H31N3O6S. The molecule has 1 spiro atoms. The van der Waals surface area contributed by atoms with Gasteiger partial charge in [-0.2, -0.15) is 0 Å². The van der Waals surface area contributed by atoms with E-state index in [0.29, 0.717) is 45.7 Å². The molecule has 2 bridgehead atoms. The van der Waals surface area contributed by atoms with Gasteiger partial charge in [-0.25, -0.2) is 0 Å². The monoisotopic (exact) mass is 453 g/mol. The number of aliphatic carboxylic acids is 1. The highest BCUT2D eigenvalue weighted by Crippen LogP contribution is 2.66. The summed E-state index contributed by atoms with van der Waals surface area (Å²) in [4.78, 5) is 44.5. The first kappa shape index (κ1) is 22.6. The molecule has 31 heavy (non-hydrogen) atoms. The summed E-state index contributed by atoms with van der Waals surface area (Å²) < 4.78 is 4.66. The number of hydrogen-bond donors (Lipinski definition) is 2. The number of thioether (sulfide) groups is 1. The van der Waals surface area contributed by atoms with Crippen LogP contribution in [0.25, 0.3) is 0 Å². The first-order valence-electron chi connectivity index (χ1n) is 11.0. The summed E-state index contributed by atoms with van der Waals surface area (Å²) >= 11 is 1.51. The molecule has 0 aromatic rings. The summed E-state index contributed by atoms with van der Waals surface area (Å²) in [7, 11) is 0. The minimum absolute atomic E-state index is 0.0381. The van der Waals surface area contributed by atoms with Crippen molar-refractivity contribution in [1.29, 1.82) is 0 Å². The fourth-order valence-electron chi connectivity index (χ4n) is 5.77. The van der Waals surface area contributed by atoms with Crippen LogP contribution in [-0.2, 0) is 19.1 Å². The van der Waals surface area contributed by atoms with E-state index in [4.69, 9.17) is 4.74 Å². The number of likely N-dealkylation sites (tertiary alicyclic amines) is 1. The van der Waals surface area contributed by atoms with Crippen molar-refractivity contribution >= 4 is 29.5 Å². The smallest absolute Gasteiger partial charge is 0.308 e. The molecule has 5 atom stereocenters. The molecule has 0 aromatic carbocycles. The molecular weight excluding hydrogens is 422 g/mol. The van der Waals surface area contributed by atoms with Crippen LogP contribution >= 0.6 is 11.8 Å². The molecule has 2 N–H and O–H groups in total. The zero-order valence-electron chi connectivity index (χ0n) is 17.6. The second kappa shape index (κ2) is 9.09. The number of aliphatic hydroxyl groups is 1. The SMILES string of the molecule is C=CCN(CCN1CCOCC1)C(=O)C1N(CCO)C(=O)[C@@H]2[C@@H](C(=O)O)[C@H]3CCC12S3. The van der Waals surface area contributed by atoms with Crippen LogP contribution in [0.5, 0.6) is 0 Å². The number of aliphatic hydroxyl groups excluding tert-OH is 1. The summed E-state index contributed by atoms with van der Waals surface area (Å²) in [6, 6.07) is -0.749. The molecule has 4 aliphatic heterocycles. The number of carbonyl (C=O) groups is 3. The van der Waals surface area contributed by atoms with Crippen molar-refractivity contribution in [3.05, 3.63) is 12.7 Å². The predicted molar refractivity (Wildman–Crippen MR) is 115 cm³/mol. The third-order valence-electron chi connectivity index (χ3n) is 7.11. The molecule has 9 nitrogen and oxygen atoms in total. The molecule has 0 saturated carbocycles. The lowest BCUT2D eigenvalue weighted by atomic mass is 9.71. The normalized spacial score (nSPS) is 34.7. The van der Waals surface area contributed by atoms with Gasteiger partial charge < -0.3 is 24.7 Å². The van der Waals surface area contributed by atoms with Crippen LogP contribution in [0.3, 0.4) is 0 Å². The number of hydrogen-bond acceptors (Lipinski definition) is 7. The largest absolute Gasteiger partial charge is 0.481 e. The lowest BCUT2D eigenvalue weighted by Gasteiger charge is -2.38. The van der Waals surface area contributed by atoms with Crippen LogP contribution in [0, 0.1) is 11.8 Å². The molecule has 2 amide bonds. The van der Waals surface area contributed by atoms with Gasteiger partial charge in [0.05, 0.1) is 36.4 Å². The highest BCUT2D eigenvalue weighted by Gasteiger charge is 2.73. The zero-order chi connectivity index (χ0) is 22.2. The number of amides is 2. The summed E-state index contributed by atoms with van der Waals surface area (Å²) in [5, 5.41) is 19.3. The van der Waals surface area contributed by atoms with E-state index in [1.165, 1.54) is 16.7 Å². The third kappa shape index (κ3) is 3.77. The van der Waals surface area contributed by atoms with Gasteiger partial charge in [-0.3, -0.25) is 19.3 Å². The maximum Gasteiger partial charge on any atom is 0.308 e. The van der Waals surface area contributed by atoms with Gasteiger partial charge in [-0.15, -0.1) is 18.3 Å². The average molecular weight is 454 g/mol. The van der Waals surface area contributed by atoms with Gasteiger partial charge in [0.2, 0.25) is 11.8 Å². The number of β-amino-alcohol motifs (C(OH)–C–C–N with tert-alkyl or cyclic N) is 1. The van der Waals surface area contributed by atoms with Gasteiger partial charge in [0.15, 0.2) is 0 Å². The van der Waals surface area contributed by atoms with Gasteiger partial charge in [0.25, 0.3) is 0 Å². The van der Waals surface area contributed by atoms with E-state index >= 15 is 0 Å². The summed E-state index contributed by atoms with van der Waals surface area (Å²) in [5.41, 5.74) is 0. The Kier molecular flexibility index (Phi) is 6.62. The summed E-state index contributed by atoms with van der Waals surface area (Å²) in [6.07, 6.45) is 3.02. The Morgan fingerprint density at radius 3 is 2.71 bits per heavy atom. The van der Waals surface area contributed by atoms with Crippen LogP contribution in [0.2, 0.25) is 0 Å². The van der Waals surface area contributed by atoms with Crippen LogP contribution in [0.4, 0.5) is 0 Å². The van der Waals surface area contributed by atoms with Gasteiger partial charge in [-0.1, -0.05) is 6.08 Å². The van der Waals surface area contributed by atoms with E-state index in [0.717, 1.165) is 13.1 Å². The molecule has 4 saturated heterocycles. The van der Waals surface area contributed by atoms with Crippen molar-refractivity contribution < 1.29 is 29.3 Å². The molecule has 10 heteroatoms. The van der Waals surface area contributed by atoms with Crippen molar-refractivity contribution in [2.24, 2.45) is 11.8 Å². The van der Waals surface area contributed by atoms with Gasteiger partial charge in [0, 0.05) is 44.5 Å². The fourth-order valence-corrected chi connectivity index (χ4v) is 7.98. The number of carboxylic acid groups (broad SMARTS) is 1. The van der Waals surface area contributed by atoms with E-state index in [1.54, 1.807) is 11.0 Å². The molecule has 0 aromatic heterocycles. The van der Waals surface area contributed by atoms with Crippen molar-refractivity contribution in [2.75, 3.05) is 59.1 Å². The predicted octanol–water partition coefficient (Wildman–Crippen LogP) is -0.499. The number of morpholine rings is 1. The van der Waals surface area contributed by atoms with Crippen molar-refractivity contribution in [2.45, 2.75) is 28.9 Å². The van der Waals surface area contributed by atoms with Crippen molar-refractivity contribution in [3.63, 3.8) is 0 Å². The van der Waals surface area contributed by atoms with Crippen LogP contribution in [0.1, 0.15) is 12.8 Å². The highest BCUT2D eigenvalue weighted by atomic mass is 32.2. The molecule has 4 rings (SSSR count). The number of ether oxygens (including phenoxy) is 1. The maximum atomic E-state index is 13.8. The van der Waals surface area contributed by atoms with E-state index in [1.807, 2.05) is 0 Å². The quantitative estimate of drug-likeness (QED) is 0.450. The maximum absolute atomic E-state index is 13.8. The van der Waals surface area contributed by atoms with Crippen LogP contribution in [0.15, 0.2) is 12.7 Å². The highest BCUT2D eigenvalue weighted by molar-refractivity contribution is 8.02. The molecule has 4 heterocycles. The fraction of sp³-hybridized carbons (Fsp3) is 0.762. The van der Waals surface area contributed by atoms with E-state index < -0.39 is 28.6 Å². The molecule has 4 aliphatic rings. The van der Waals surface area contributed by atoms with Gasteiger partial charge in [0.1, 0.15) is 6.04 Å². The van der Waals surface area contributed by atoms with Gasteiger partial charge in [-0.05, 0) is 12.8 Å². The third-order valence-corrected chi connectivity index (χ3v) is 9.06. The number of fused-ring (bicyclic) bond motifs is 1. The Hall–Kier alpha value is -1.62. The minimum Gasteiger partial charge on any atom is -0.481 e. The number of carboxylic acids is 1. The molecule has 2 unspecified atom stereocenters. The number of rotatable bonds is 9. The Labute approximate surface area is 186 Å². The summed E-state index contributed by atoms with van der Waals surface area (Å²) in [5.74, 6) is -2.92. The molecule has 0 radical (unpaired) electrons. The number of carbonyl (C=O) groups excluding carboxylic acids is 2. The topological polar surface area (TPSA) is 111 Å². The van der Waals surface area contributed by atoms with Crippen LogP contribution in [-0.4, -0.2) is 118 Å². The molecule has 0 aliphatic carbocycles. The summed E-state index contributed by atoms with van der Waals surface area (Å²) in [6.45, 7) is 8.12. The van der Waals surface area contributed by atoms with E-state index in [9.17, 15) is 24.6 Å². The van der Waals surface area contributed by atoms with Crippen molar-refractivity contribution in [3.8, 4) is 0 Å². The van der Waals surface area contributed by atoms with E-state index in [-0.39, 0.29) is 30.2 Å². The van der Waals surface area contributed by atoms with Crippen molar-refractivity contribution in [1.82, 2.24) is 14.7 Å². The lowest BCUT2D eigenvalue weighted by Crippen LogP contribution is -2.56. The Morgan fingerprint density at radius 2 is 2.06 bits per heavy atom. The Bertz CT molecular complexity index is 745. The number of nitrogens with zero attached hydrogens (tertiary/aromatic N) is 3. The standard InChI is InChI=1S/C21H31N3O6S/c1-2-5-23(7-6-22-9-12-30-13-10-22)19(27)17-21-4-3-14(31-21)15(20(28)29)16(21)18(26)24(17)8-11-25/h2,14-17,25H,1,3-13H2,(H,28,29)/t14-,15+,16+,17?,21?/m1/s1. The van der Waals surface area contributed by atoms with Crippen LogP contribution < -0.4 is 0 Å². The molecule has 172 valence electrons.